The van der Waals surface area contributed by atoms with Gasteiger partial charge in [-0.3, -0.25) is 4.52 Å². The van der Waals surface area contributed by atoms with Crippen molar-refractivity contribution < 1.29 is 26.7 Å². The van der Waals surface area contributed by atoms with Crippen molar-refractivity contribution in [1.29, 1.82) is 0 Å². The van der Waals surface area contributed by atoms with Crippen molar-refractivity contribution in [2.45, 2.75) is 19.4 Å². The molecule has 1 atom stereocenters. The van der Waals surface area contributed by atoms with Crippen LogP contribution in [0.4, 0.5) is 5.88 Å². The number of aromatic nitrogens is 2. The van der Waals surface area contributed by atoms with Gasteiger partial charge in [-0.25, -0.2) is 4.99 Å². The zero-order valence-electron chi connectivity index (χ0n) is 12.2. The third kappa shape index (κ3) is 4.75. The molecule has 0 aliphatic heterocycles. The fourth-order valence-electron chi connectivity index (χ4n) is 1.75. The van der Waals surface area contributed by atoms with Gasteiger partial charge in [0.1, 0.15) is 0 Å². The molecule has 0 amide bonds. The average molecular weight is 310 g/mol. The fraction of sp³-hybridized carbons (Fsp3) is 0.357. The first-order chi connectivity index (χ1) is 9.56. The normalized spacial score (nSPS) is 12.6. The highest BCUT2D eigenvalue weighted by Crippen LogP contribution is 2.11. The molecule has 0 spiro atoms. The van der Waals surface area contributed by atoms with Gasteiger partial charge in [0.2, 0.25) is 5.27 Å². The lowest BCUT2D eigenvalue weighted by Crippen LogP contribution is -3.00. The Hall–Kier alpha value is -2.08. The van der Waals surface area contributed by atoms with Gasteiger partial charge >= 0.3 is 5.88 Å². The van der Waals surface area contributed by atoms with E-state index in [2.05, 4.69) is 22.4 Å². The molecule has 0 aliphatic carbocycles. The first kappa shape index (κ1) is 17.0. The Kier molecular flexibility index (Phi) is 6.17. The van der Waals surface area contributed by atoms with Gasteiger partial charge in [0.25, 0.3) is 6.20 Å². The molecule has 2 rings (SSSR count). The van der Waals surface area contributed by atoms with Gasteiger partial charge in [-0.2, -0.15) is 0 Å². The molecular weight excluding hydrogens is 292 g/mol. The summed E-state index contributed by atoms with van der Waals surface area (Å²) in [5, 5.41) is 15.3. The summed E-state index contributed by atoms with van der Waals surface area (Å²) in [6.07, 6.45) is 2.47. The fourth-order valence-corrected chi connectivity index (χ4v) is 1.75. The molecule has 0 N–H and O–H groups in total. The first-order valence-corrected chi connectivity index (χ1v) is 6.41. The summed E-state index contributed by atoms with van der Waals surface area (Å²) in [6, 6.07) is 9.89. The minimum Gasteiger partial charge on any atom is -1.00 e. The Morgan fingerprint density at radius 1 is 1.38 bits per heavy atom. The zero-order chi connectivity index (χ0) is 14.5. The Morgan fingerprint density at radius 2 is 2.05 bits per heavy atom. The Bertz CT molecular complexity index is 584. The maximum Gasteiger partial charge on any atom is 0.322 e. The average Bonchev–Trinajstić information content (AvgIpc) is 2.88. The van der Waals surface area contributed by atoms with E-state index in [9.17, 15) is 5.11 Å². The lowest BCUT2D eigenvalue weighted by atomic mass is 10.1. The van der Waals surface area contributed by atoms with E-state index >= 15 is 0 Å². The minimum atomic E-state index is -0.371. The predicted molar refractivity (Wildman–Crippen MR) is 72.3 cm³/mol. The Labute approximate surface area is 130 Å². The summed E-state index contributed by atoms with van der Waals surface area (Å²) in [5.41, 5.74) is 1.22. The molecule has 0 saturated carbocycles. The topological polar surface area (TPSA) is 68.6 Å². The summed E-state index contributed by atoms with van der Waals surface area (Å²) in [4.78, 5) is 5.18. The molecule has 1 unspecified atom stereocenters. The van der Waals surface area contributed by atoms with Crippen LogP contribution in [0.3, 0.4) is 0 Å². The van der Waals surface area contributed by atoms with E-state index in [0.717, 1.165) is 6.42 Å². The van der Waals surface area contributed by atoms with E-state index < -0.39 is 0 Å². The van der Waals surface area contributed by atoms with Crippen molar-refractivity contribution in [3.05, 3.63) is 42.1 Å². The Morgan fingerprint density at radius 3 is 2.67 bits per heavy atom. The number of halogens is 1. The van der Waals surface area contributed by atoms with E-state index in [0.29, 0.717) is 0 Å². The Balaban J connectivity index is 0.00000220. The summed E-state index contributed by atoms with van der Waals surface area (Å²) in [7, 11) is 3.27. The maximum absolute atomic E-state index is 11.4. The highest BCUT2D eigenvalue weighted by atomic mass is 35.5. The summed E-state index contributed by atoms with van der Waals surface area (Å²) >= 11 is 0. The van der Waals surface area contributed by atoms with Crippen LogP contribution in [-0.4, -0.2) is 30.3 Å². The third-order valence-electron chi connectivity index (χ3n) is 2.89. The van der Waals surface area contributed by atoms with E-state index in [1.54, 1.807) is 25.0 Å². The number of hydrogen-bond donors (Lipinski definition) is 0. The molecule has 0 radical (unpaired) electrons. The van der Waals surface area contributed by atoms with Gasteiger partial charge in [-0.05, 0) is 10.2 Å². The van der Waals surface area contributed by atoms with Crippen molar-refractivity contribution in [2.24, 2.45) is 4.99 Å². The van der Waals surface area contributed by atoms with E-state index in [1.165, 1.54) is 10.5 Å². The highest BCUT2D eigenvalue weighted by molar-refractivity contribution is 5.70. The maximum atomic E-state index is 11.4. The van der Waals surface area contributed by atoms with Crippen molar-refractivity contribution in [1.82, 2.24) is 10.2 Å². The van der Waals surface area contributed by atoms with Crippen LogP contribution in [0.25, 0.3) is 0 Å². The third-order valence-corrected chi connectivity index (χ3v) is 2.89. The standard InChI is InChI=1S/C14H18N4O2.ClH/c1-11(9-12-7-5-4-6-8-12)18-10-13(20-16-18)15-14(19)17(2)3;/h4-8,10-11H,9H2,1-3H3;1H/p-1. The molecule has 2 aromatic rings. The molecule has 114 valence electrons. The lowest BCUT2D eigenvalue weighted by molar-refractivity contribution is -0.782. The van der Waals surface area contributed by atoms with E-state index in [-0.39, 0.29) is 30.4 Å². The van der Waals surface area contributed by atoms with E-state index in [4.69, 9.17) is 4.52 Å². The largest absolute Gasteiger partial charge is 1.00 e. The second-order valence-corrected chi connectivity index (χ2v) is 4.85. The van der Waals surface area contributed by atoms with Gasteiger partial charge in [0.15, 0.2) is 6.04 Å². The van der Waals surface area contributed by atoms with Gasteiger partial charge in [-0.15, -0.1) is 0 Å². The summed E-state index contributed by atoms with van der Waals surface area (Å²) in [5.74, 6) is 0.212. The van der Waals surface area contributed by atoms with E-state index in [1.807, 2.05) is 25.1 Å². The molecule has 0 saturated heterocycles. The van der Waals surface area contributed by atoms with Crippen molar-refractivity contribution >= 4 is 11.9 Å². The van der Waals surface area contributed by atoms with Crippen molar-refractivity contribution in [2.75, 3.05) is 14.1 Å². The van der Waals surface area contributed by atoms with Gasteiger partial charge in [0, 0.05) is 27.4 Å². The van der Waals surface area contributed by atoms with Gasteiger partial charge in [-0.1, -0.05) is 30.3 Å². The number of benzene rings is 1. The lowest BCUT2D eigenvalue weighted by Gasteiger charge is -2.17. The van der Waals surface area contributed by atoms with Crippen LogP contribution in [0.2, 0.25) is 0 Å². The molecule has 0 fully saturated rings. The van der Waals surface area contributed by atoms with Crippen LogP contribution in [0.5, 0.6) is 0 Å². The summed E-state index contributed by atoms with van der Waals surface area (Å²) in [6.45, 7) is 2.03. The minimum absolute atomic E-state index is 0. The number of amidine groups is 1. The van der Waals surface area contributed by atoms with Crippen LogP contribution in [-0.2, 0) is 6.42 Å². The smallest absolute Gasteiger partial charge is 0.322 e. The molecule has 1 heterocycles. The second kappa shape index (κ2) is 7.64. The number of rotatable bonds is 4. The second-order valence-electron chi connectivity index (χ2n) is 4.85. The molecule has 21 heavy (non-hydrogen) atoms. The predicted octanol–water partition coefficient (Wildman–Crippen LogP) is -2.32. The molecule has 6 nitrogen and oxygen atoms in total. The molecule has 1 aromatic heterocycles. The molecular formula is C14H18ClN4O2-. The molecule has 0 bridgehead atoms. The summed E-state index contributed by atoms with van der Waals surface area (Å²) < 4.78 is 6.72. The first-order valence-electron chi connectivity index (χ1n) is 6.41. The van der Waals surface area contributed by atoms with Gasteiger partial charge in [0.05, 0.1) is 6.02 Å². The van der Waals surface area contributed by atoms with Crippen LogP contribution in [0, 0.1) is 0 Å². The van der Waals surface area contributed by atoms with Gasteiger partial charge < -0.3 is 22.4 Å². The van der Waals surface area contributed by atoms with Crippen molar-refractivity contribution in [3.63, 3.8) is 0 Å². The van der Waals surface area contributed by atoms with Crippen LogP contribution >= 0.6 is 0 Å². The van der Waals surface area contributed by atoms with Crippen LogP contribution in [0.1, 0.15) is 18.5 Å². The number of hydrogen-bond acceptors (Lipinski definition) is 4. The van der Waals surface area contributed by atoms with Crippen LogP contribution in [0.15, 0.2) is 46.0 Å². The molecule has 1 aromatic carbocycles. The zero-order valence-corrected chi connectivity index (χ0v) is 13.0. The van der Waals surface area contributed by atoms with Crippen molar-refractivity contribution in [3.8, 4) is 0 Å². The number of nitrogens with zero attached hydrogens (tertiary/aromatic N) is 4. The molecule has 0 aliphatic rings. The monoisotopic (exact) mass is 309 g/mol. The van der Waals surface area contributed by atoms with Crippen LogP contribution < -0.4 is 22.2 Å². The SMILES string of the molecule is CC(Cc1ccccc1)[n+]1cc(/N=C(\[O-])N(C)C)on1.[Cl-]. The molecule has 7 heteroatoms. The highest BCUT2D eigenvalue weighted by Gasteiger charge is 2.19. The number of aliphatic imine (C=N–C) groups is 1. The quantitative estimate of drug-likeness (QED) is 0.361.